The minimum atomic E-state index is -0.425. The van der Waals surface area contributed by atoms with E-state index >= 15 is 0 Å². The van der Waals surface area contributed by atoms with E-state index in [1.54, 1.807) is 0 Å². The largest absolute Gasteiger partial charge is 0.286 e. The van der Waals surface area contributed by atoms with Crippen molar-refractivity contribution in [3.63, 3.8) is 0 Å². The topological polar surface area (TPSA) is 34.1 Å². The lowest BCUT2D eigenvalue weighted by Gasteiger charge is -2.04. The summed E-state index contributed by atoms with van der Waals surface area (Å²) >= 11 is 0. The molecule has 0 aliphatic heterocycles. The smallest absolute Gasteiger partial charge is 0.234 e. The highest BCUT2D eigenvalue weighted by Crippen LogP contribution is 2.31. The van der Waals surface area contributed by atoms with Gasteiger partial charge in [0.1, 0.15) is 0 Å². The monoisotopic (exact) mass is 232 g/mol. The molecule has 0 bridgehead atoms. The second-order valence-corrected chi connectivity index (χ2v) is 4.53. The molecule has 2 nitrogen and oxygen atoms in total. The van der Waals surface area contributed by atoms with E-state index in [1.807, 2.05) is 42.5 Å². The molecule has 84 valence electrons. The van der Waals surface area contributed by atoms with Crippen molar-refractivity contribution in [2.75, 3.05) is 0 Å². The molecule has 0 fully saturated rings. The maximum Gasteiger partial charge on any atom is 0.234 e. The number of rotatable bonds is 0. The zero-order valence-corrected chi connectivity index (χ0v) is 9.44. The van der Waals surface area contributed by atoms with Crippen LogP contribution in [0.25, 0.3) is 22.8 Å². The predicted molar refractivity (Wildman–Crippen MR) is 68.1 cm³/mol. The van der Waals surface area contributed by atoms with Crippen molar-refractivity contribution in [2.24, 2.45) is 0 Å². The molecule has 0 atom stereocenters. The van der Waals surface area contributed by atoms with Gasteiger partial charge in [-0.15, -0.1) is 0 Å². The highest BCUT2D eigenvalue weighted by Gasteiger charge is 2.30. The van der Waals surface area contributed by atoms with E-state index in [0.29, 0.717) is 5.57 Å². The Balaban J connectivity index is 2.32. The van der Waals surface area contributed by atoms with Crippen molar-refractivity contribution in [2.45, 2.75) is 0 Å². The van der Waals surface area contributed by atoms with Crippen LogP contribution in [0.3, 0.4) is 0 Å². The molecule has 0 aromatic heterocycles. The van der Waals surface area contributed by atoms with Gasteiger partial charge in [0.15, 0.2) is 0 Å². The summed E-state index contributed by atoms with van der Waals surface area (Å²) in [5, 5.41) is 1.77. The molecular formula is C16H8O2. The first-order valence-electron chi connectivity index (χ1n) is 5.81. The fourth-order valence-corrected chi connectivity index (χ4v) is 2.83. The summed E-state index contributed by atoms with van der Waals surface area (Å²) in [6.07, 6.45) is 1.44. The van der Waals surface area contributed by atoms with Gasteiger partial charge < -0.3 is 0 Å². The Bertz CT molecular complexity index is 857. The number of benzene rings is 2. The van der Waals surface area contributed by atoms with Crippen molar-refractivity contribution in [1.82, 2.24) is 0 Å². The summed E-state index contributed by atoms with van der Waals surface area (Å²) in [5.74, 6) is -0.814. The molecule has 0 unspecified atom stereocenters. The summed E-state index contributed by atoms with van der Waals surface area (Å²) in [6, 6.07) is 13.6. The molecule has 2 aromatic rings. The molecule has 2 heteroatoms. The van der Waals surface area contributed by atoms with E-state index < -0.39 is 5.78 Å². The number of Topliss-reactive ketones (excluding diaryl/α,β-unsaturated/α-hetero) is 2. The molecule has 2 aromatic carbocycles. The van der Waals surface area contributed by atoms with E-state index in [1.165, 1.54) is 6.08 Å². The zero-order valence-electron chi connectivity index (χ0n) is 9.44. The Labute approximate surface area is 103 Å². The first kappa shape index (κ1) is 9.54. The van der Waals surface area contributed by atoms with Gasteiger partial charge in [-0.3, -0.25) is 9.59 Å². The molecule has 2 aliphatic carbocycles. The van der Waals surface area contributed by atoms with E-state index in [4.69, 9.17) is 0 Å². The molecule has 0 N–H and O–H groups in total. The predicted octanol–water partition coefficient (Wildman–Crippen LogP) is 0.798. The van der Waals surface area contributed by atoms with Crippen LogP contribution < -0.4 is 10.4 Å². The zero-order chi connectivity index (χ0) is 12.3. The number of hydrogen-bond acceptors (Lipinski definition) is 2. The van der Waals surface area contributed by atoms with Crippen LogP contribution >= 0.6 is 0 Å². The third-order valence-corrected chi connectivity index (χ3v) is 3.57. The first-order chi connectivity index (χ1) is 8.77. The van der Waals surface area contributed by atoms with Crippen LogP contribution in [0.4, 0.5) is 0 Å². The Morgan fingerprint density at radius 1 is 0.722 bits per heavy atom. The van der Waals surface area contributed by atoms with E-state index in [9.17, 15) is 9.59 Å². The maximum atomic E-state index is 12.1. The molecule has 0 saturated carbocycles. The lowest BCUT2D eigenvalue weighted by Crippen LogP contribution is -2.36. The number of carbonyl (C=O) groups excluding carboxylic acids is 2. The van der Waals surface area contributed by atoms with Gasteiger partial charge in [0.2, 0.25) is 11.6 Å². The third kappa shape index (κ3) is 0.979. The average molecular weight is 232 g/mol. The molecule has 0 saturated heterocycles. The molecular weight excluding hydrogens is 224 g/mol. The first-order valence-corrected chi connectivity index (χ1v) is 5.81. The second kappa shape index (κ2) is 3.05. The van der Waals surface area contributed by atoms with Gasteiger partial charge in [-0.2, -0.15) is 0 Å². The van der Waals surface area contributed by atoms with E-state index in [0.717, 1.165) is 27.1 Å². The van der Waals surface area contributed by atoms with E-state index in [2.05, 4.69) is 0 Å². The number of hydrogen-bond donors (Lipinski definition) is 0. The highest BCUT2D eigenvalue weighted by atomic mass is 16.2. The van der Waals surface area contributed by atoms with Gasteiger partial charge in [0, 0.05) is 10.8 Å². The minimum absolute atomic E-state index is 0.389. The fraction of sp³-hybridized carbons (Fsp3) is 0. The number of fused-ring (bicyclic) bond motifs is 3. The standard InChI is InChI=1S/C16H8O2/c17-13-8-9-4-3-7-11-10-5-1-2-6-12(10)15(14(9)11)16(13)18/h1-8H. The average Bonchev–Trinajstić information content (AvgIpc) is 2.73. The van der Waals surface area contributed by atoms with Crippen LogP contribution in [0.5, 0.6) is 0 Å². The van der Waals surface area contributed by atoms with Crippen LogP contribution in [-0.4, -0.2) is 11.6 Å². The van der Waals surface area contributed by atoms with Crippen LogP contribution in [0.1, 0.15) is 5.56 Å². The summed E-state index contributed by atoms with van der Waals surface area (Å²) < 4.78 is 0. The van der Waals surface area contributed by atoms with Gasteiger partial charge in [-0.05, 0) is 28.0 Å². The molecule has 0 spiro atoms. The van der Waals surface area contributed by atoms with Gasteiger partial charge in [-0.1, -0.05) is 42.5 Å². The summed E-state index contributed by atoms with van der Waals surface area (Å²) in [6.45, 7) is 0. The Morgan fingerprint density at radius 3 is 2.28 bits per heavy atom. The van der Waals surface area contributed by atoms with Gasteiger partial charge in [-0.25, -0.2) is 0 Å². The molecule has 0 amide bonds. The van der Waals surface area contributed by atoms with Crippen LogP contribution in [0.15, 0.2) is 42.5 Å². The van der Waals surface area contributed by atoms with Gasteiger partial charge >= 0.3 is 0 Å². The molecule has 0 radical (unpaired) electrons. The Hall–Kier alpha value is -2.48. The van der Waals surface area contributed by atoms with Gasteiger partial charge in [0.25, 0.3) is 0 Å². The molecule has 18 heavy (non-hydrogen) atoms. The van der Waals surface area contributed by atoms with Crippen molar-refractivity contribution in [3.8, 4) is 11.1 Å². The minimum Gasteiger partial charge on any atom is -0.286 e. The van der Waals surface area contributed by atoms with Crippen LogP contribution in [0.2, 0.25) is 0 Å². The number of carbonyl (C=O) groups is 2. The van der Waals surface area contributed by atoms with Crippen molar-refractivity contribution >= 4 is 23.2 Å². The van der Waals surface area contributed by atoms with Crippen molar-refractivity contribution < 1.29 is 9.59 Å². The highest BCUT2D eigenvalue weighted by molar-refractivity contribution is 6.62. The lowest BCUT2D eigenvalue weighted by molar-refractivity contribution is -0.129. The molecule has 0 heterocycles. The third-order valence-electron chi connectivity index (χ3n) is 3.57. The Kier molecular flexibility index (Phi) is 1.61. The molecule has 4 rings (SSSR count). The SMILES string of the molecule is O=C1C=c2cccc3c2=C(C1=O)c1ccccc1-3. The van der Waals surface area contributed by atoms with Crippen molar-refractivity contribution in [1.29, 1.82) is 0 Å². The summed E-state index contributed by atoms with van der Waals surface area (Å²) in [4.78, 5) is 23.8. The second-order valence-electron chi connectivity index (χ2n) is 4.53. The fourth-order valence-electron chi connectivity index (χ4n) is 2.83. The Morgan fingerprint density at radius 2 is 1.44 bits per heavy atom. The van der Waals surface area contributed by atoms with Crippen molar-refractivity contribution in [3.05, 3.63) is 58.5 Å². The lowest BCUT2D eigenvalue weighted by atomic mass is 9.96. The number of ketones is 2. The quantitative estimate of drug-likeness (QED) is 0.630. The summed E-state index contributed by atoms with van der Waals surface area (Å²) in [7, 11) is 0. The van der Waals surface area contributed by atoms with Crippen LogP contribution in [0, 0.1) is 0 Å². The molecule has 2 aliphatic rings. The summed E-state index contributed by atoms with van der Waals surface area (Å²) in [5.41, 5.74) is 3.55. The van der Waals surface area contributed by atoms with Gasteiger partial charge in [0.05, 0.1) is 0 Å². The van der Waals surface area contributed by atoms with Crippen LogP contribution in [-0.2, 0) is 9.59 Å². The maximum absolute atomic E-state index is 12.1. The normalized spacial score (nSPS) is 15.2. The van der Waals surface area contributed by atoms with E-state index in [-0.39, 0.29) is 5.78 Å².